The lowest BCUT2D eigenvalue weighted by molar-refractivity contribution is -0.121. The zero-order valence-electron chi connectivity index (χ0n) is 16.1. The number of rotatable bonds is 7. The Balaban J connectivity index is 1.46. The van der Waals surface area contributed by atoms with Gasteiger partial charge in [-0.3, -0.25) is 9.59 Å². The molecule has 0 saturated heterocycles. The summed E-state index contributed by atoms with van der Waals surface area (Å²) < 4.78 is 4.66. The number of ether oxygens (including phenoxy) is 1. The third-order valence-electron chi connectivity index (χ3n) is 5.11. The molecule has 0 fully saturated rings. The van der Waals surface area contributed by atoms with Crippen LogP contribution in [-0.2, 0) is 28.9 Å². The van der Waals surface area contributed by atoms with Gasteiger partial charge in [0.05, 0.1) is 12.7 Å². The van der Waals surface area contributed by atoms with E-state index >= 15 is 0 Å². The van der Waals surface area contributed by atoms with E-state index in [0.717, 1.165) is 18.4 Å². The molecule has 1 aliphatic carbocycles. The fraction of sp³-hybridized carbons (Fsp3) is 0.348. The minimum absolute atomic E-state index is 0.00551. The minimum atomic E-state index is -0.392. The summed E-state index contributed by atoms with van der Waals surface area (Å²) in [5.41, 5.74) is 4.66. The third kappa shape index (κ3) is 5.06. The Labute approximate surface area is 165 Å². The number of nitrogens with one attached hydrogen (secondary N) is 1. The number of Topliss-reactive ketones (excluding diaryl/α,β-unsaturated/α-hetero) is 1. The van der Waals surface area contributed by atoms with Crippen LogP contribution >= 0.6 is 0 Å². The molecule has 5 heteroatoms. The number of benzene rings is 2. The van der Waals surface area contributed by atoms with Crippen LogP contribution in [0.3, 0.4) is 0 Å². The molecule has 0 heterocycles. The lowest BCUT2D eigenvalue weighted by Gasteiger charge is -2.16. The number of hydrogen-bond acceptors (Lipinski definition) is 4. The van der Waals surface area contributed by atoms with Crippen molar-refractivity contribution in [3.63, 3.8) is 0 Å². The van der Waals surface area contributed by atoms with Gasteiger partial charge < -0.3 is 10.1 Å². The Hall–Kier alpha value is -2.95. The Kier molecular flexibility index (Phi) is 6.58. The van der Waals surface area contributed by atoms with Crippen LogP contribution in [0, 0.1) is 0 Å². The second kappa shape index (κ2) is 9.31. The molecule has 1 N–H and O–H groups in total. The number of fused-ring (bicyclic) bond motifs is 1. The van der Waals surface area contributed by atoms with Gasteiger partial charge in [-0.2, -0.15) is 0 Å². The van der Waals surface area contributed by atoms with Crippen molar-refractivity contribution in [2.45, 2.75) is 45.1 Å². The molecule has 0 atom stereocenters. The van der Waals surface area contributed by atoms with Gasteiger partial charge in [-0.25, -0.2) is 4.79 Å². The number of aryl methyl sites for hydroxylation is 2. The molecule has 0 aliphatic heterocycles. The normalized spacial score (nSPS) is 12.8. The summed E-state index contributed by atoms with van der Waals surface area (Å²) in [5.74, 6) is -0.550. The van der Waals surface area contributed by atoms with Crippen molar-refractivity contribution in [2.24, 2.45) is 0 Å². The molecule has 2 aromatic rings. The van der Waals surface area contributed by atoms with E-state index < -0.39 is 5.97 Å². The molecule has 1 aliphatic rings. The van der Waals surface area contributed by atoms with Crippen LogP contribution < -0.4 is 5.32 Å². The van der Waals surface area contributed by atoms with E-state index in [-0.39, 0.29) is 24.5 Å². The maximum atomic E-state index is 12.4. The zero-order chi connectivity index (χ0) is 19.9. The van der Waals surface area contributed by atoms with Crippen LogP contribution in [-0.4, -0.2) is 24.8 Å². The first-order valence-electron chi connectivity index (χ1n) is 9.66. The molecule has 28 heavy (non-hydrogen) atoms. The minimum Gasteiger partial charge on any atom is -0.465 e. The van der Waals surface area contributed by atoms with Crippen LogP contribution in [0.25, 0.3) is 0 Å². The Morgan fingerprint density at radius 2 is 1.57 bits per heavy atom. The Bertz CT molecular complexity index is 871. The predicted molar refractivity (Wildman–Crippen MR) is 106 cm³/mol. The van der Waals surface area contributed by atoms with Crippen molar-refractivity contribution in [3.05, 3.63) is 70.3 Å². The highest BCUT2D eigenvalue weighted by molar-refractivity contribution is 5.98. The molecule has 146 valence electrons. The molecule has 0 radical (unpaired) electrons. The fourth-order valence-electron chi connectivity index (χ4n) is 3.44. The molecule has 2 aromatic carbocycles. The molecule has 1 amide bonds. The number of hydrogen-bond donors (Lipinski definition) is 1. The smallest absolute Gasteiger partial charge is 0.337 e. The van der Waals surface area contributed by atoms with E-state index in [1.807, 2.05) is 12.1 Å². The molecule has 0 aromatic heterocycles. The van der Waals surface area contributed by atoms with Crippen LogP contribution in [0.15, 0.2) is 42.5 Å². The topological polar surface area (TPSA) is 72.5 Å². The molecule has 0 unspecified atom stereocenters. The van der Waals surface area contributed by atoms with Crippen molar-refractivity contribution in [1.82, 2.24) is 5.32 Å². The van der Waals surface area contributed by atoms with Crippen LogP contribution in [0.2, 0.25) is 0 Å². The molecule has 3 rings (SSSR count). The lowest BCUT2D eigenvalue weighted by Crippen LogP contribution is -2.23. The zero-order valence-corrected chi connectivity index (χ0v) is 16.1. The van der Waals surface area contributed by atoms with Gasteiger partial charge in [0.25, 0.3) is 0 Å². The van der Waals surface area contributed by atoms with Gasteiger partial charge in [-0.15, -0.1) is 0 Å². The van der Waals surface area contributed by atoms with E-state index in [2.05, 4.69) is 16.1 Å². The summed E-state index contributed by atoms with van der Waals surface area (Å²) in [4.78, 5) is 35.9. The number of methoxy groups -OCH3 is 1. The average Bonchev–Trinajstić information content (AvgIpc) is 2.75. The predicted octanol–water partition coefficient (Wildman–Crippen LogP) is 3.63. The second-order valence-corrected chi connectivity index (χ2v) is 7.08. The number of esters is 1. The van der Waals surface area contributed by atoms with Gasteiger partial charge in [0.2, 0.25) is 5.91 Å². The monoisotopic (exact) mass is 379 g/mol. The Morgan fingerprint density at radius 1 is 0.893 bits per heavy atom. The number of amides is 1. The summed E-state index contributed by atoms with van der Waals surface area (Å²) in [6.07, 6.45) is 4.88. The molecule has 5 nitrogen and oxygen atoms in total. The average molecular weight is 379 g/mol. The molecule has 0 bridgehead atoms. The number of carbonyl (C=O) groups excluding carboxylic acids is 3. The second-order valence-electron chi connectivity index (χ2n) is 7.08. The first-order chi connectivity index (χ1) is 13.6. The maximum absolute atomic E-state index is 12.4. The number of carbonyl (C=O) groups is 3. The standard InChI is InChI=1S/C23H25NO4/c1-28-23(27)18-8-6-16(7-9-18)15-24-22(26)13-12-21(25)20-11-10-17-4-2-3-5-19(17)14-20/h6-11,14H,2-5,12-13,15H2,1H3,(H,24,26). The van der Waals surface area contributed by atoms with Gasteiger partial charge in [0.1, 0.15) is 0 Å². The van der Waals surface area contributed by atoms with Crippen molar-refractivity contribution >= 4 is 17.7 Å². The van der Waals surface area contributed by atoms with Crippen molar-refractivity contribution in [2.75, 3.05) is 7.11 Å². The van der Waals surface area contributed by atoms with Crippen LogP contribution in [0.4, 0.5) is 0 Å². The van der Waals surface area contributed by atoms with Gasteiger partial charge in [-0.1, -0.05) is 24.3 Å². The number of ketones is 1. The van der Waals surface area contributed by atoms with E-state index in [9.17, 15) is 14.4 Å². The summed E-state index contributed by atoms with van der Waals surface area (Å²) in [6, 6.07) is 12.8. The van der Waals surface area contributed by atoms with Gasteiger partial charge in [-0.05, 0) is 60.6 Å². The lowest BCUT2D eigenvalue weighted by atomic mass is 9.89. The highest BCUT2D eigenvalue weighted by atomic mass is 16.5. The van der Waals surface area contributed by atoms with Crippen molar-refractivity contribution in [3.8, 4) is 0 Å². The van der Waals surface area contributed by atoms with E-state index in [0.29, 0.717) is 17.7 Å². The first kappa shape index (κ1) is 19.8. The quantitative estimate of drug-likeness (QED) is 0.589. The maximum Gasteiger partial charge on any atom is 0.337 e. The van der Waals surface area contributed by atoms with Crippen molar-refractivity contribution < 1.29 is 19.1 Å². The SMILES string of the molecule is COC(=O)c1ccc(CNC(=O)CCC(=O)c2ccc3c(c2)CCCC3)cc1. The van der Waals surface area contributed by atoms with Gasteiger partial charge >= 0.3 is 5.97 Å². The highest BCUT2D eigenvalue weighted by Crippen LogP contribution is 2.23. The molecule has 0 spiro atoms. The first-order valence-corrected chi connectivity index (χ1v) is 9.66. The summed E-state index contributed by atoms with van der Waals surface area (Å²) >= 11 is 0. The van der Waals surface area contributed by atoms with Gasteiger partial charge in [0, 0.05) is 24.9 Å². The Morgan fingerprint density at radius 3 is 2.29 bits per heavy atom. The third-order valence-corrected chi connectivity index (χ3v) is 5.11. The van der Waals surface area contributed by atoms with E-state index in [1.54, 1.807) is 24.3 Å². The van der Waals surface area contributed by atoms with Crippen molar-refractivity contribution in [1.29, 1.82) is 0 Å². The largest absolute Gasteiger partial charge is 0.465 e. The highest BCUT2D eigenvalue weighted by Gasteiger charge is 2.14. The van der Waals surface area contributed by atoms with Crippen LogP contribution in [0.5, 0.6) is 0 Å². The molecular formula is C23H25NO4. The summed E-state index contributed by atoms with van der Waals surface area (Å²) in [6.45, 7) is 0.354. The van der Waals surface area contributed by atoms with Crippen LogP contribution in [0.1, 0.15) is 63.1 Å². The van der Waals surface area contributed by atoms with E-state index in [4.69, 9.17) is 0 Å². The summed E-state index contributed by atoms with van der Waals surface area (Å²) in [5, 5.41) is 2.81. The molecule has 0 saturated carbocycles. The van der Waals surface area contributed by atoms with Gasteiger partial charge in [0.15, 0.2) is 5.78 Å². The fourth-order valence-corrected chi connectivity index (χ4v) is 3.44. The van der Waals surface area contributed by atoms with E-state index in [1.165, 1.54) is 31.1 Å². The summed E-state index contributed by atoms with van der Waals surface area (Å²) in [7, 11) is 1.34. The molecular weight excluding hydrogens is 354 g/mol.